The largest absolute Gasteiger partial charge is 0.311 e. The molecule has 0 radical (unpaired) electrons. The van der Waals surface area contributed by atoms with Crippen molar-refractivity contribution in [3.05, 3.63) is 0 Å². The van der Waals surface area contributed by atoms with Crippen molar-refractivity contribution in [3.8, 4) is 0 Å². The molecule has 0 aromatic rings. The molecule has 0 saturated carbocycles. The van der Waals surface area contributed by atoms with Gasteiger partial charge in [0, 0.05) is 24.2 Å². The van der Waals surface area contributed by atoms with Gasteiger partial charge in [0.05, 0.1) is 0 Å². The summed E-state index contributed by atoms with van der Waals surface area (Å²) in [5, 5.41) is 4.03. The number of rotatable bonds is 2. The third kappa shape index (κ3) is 2.57. The van der Waals surface area contributed by atoms with Crippen LogP contribution in [0.1, 0.15) is 51.4 Å². The molecule has 0 aromatic heterocycles. The van der Waals surface area contributed by atoms with Gasteiger partial charge in [0.25, 0.3) is 0 Å². The lowest BCUT2D eigenvalue weighted by atomic mass is 9.93. The number of nitrogens with one attached hydrogen (secondary N) is 1. The van der Waals surface area contributed by atoms with Crippen LogP contribution in [0.3, 0.4) is 0 Å². The lowest BCUT2D eigenvalue weighted by Gasteiger charge is -2.40. The van der Waals surface area contributed by atoms with Crippen molar-refractivity contribution in [3.63, 3.8) is 0 Å². The Balaban J connectivity index is 1.29. The van der Waals surface area contributed by atoms with Crippen LogP contribution >= 0.6 is 0 Å². The Morgan fingerprint density at radius 1 is 0.632 bits per heavy atom. The average Bonchev–Trinajstić information content (AvgIpc) is 3.05. The Bertz CT molecular complexity index is 289. The summed E-state index contributed by atoms with van der Waals surface area (Å²) in [5.74, 6) is 0. The van der Waals surface area contributed by atoms with Gasteiger partial charge in [-0.1, -0.05) is 0 Å². The second-order valence-electron chi connectivity index (χ2n) is 7.27. The maximum absolute atomic E-state index is 4.03. The second-order valence-corrected chi connectivity index (χ2v) is 7.27. The van der Waals surface area contributed by atoms with Gasteiger partial charge in [-0.15, -0.1) is 0 Å². The molecule has 0 spiro atoms. The van der Waals surface area contributed by atoms with E-state index in [-0.39, 0.29) is 0 Å². The van der Waals surface area contributed by atoms with E-state index in [0.29, 0.717) is 0 Å². The van der Waals surface area contributed by atoms with E-state index < -0.39 is 0 Å². The Morgan fingerprint density at radius 2 is 1.16 bits per heavy atom. The van der Waals surface area contributed by atoms with Crippen LogP contribution in [-0.2, 0) is 0 Å². The van der Waals surface area contributed by atoms with Gasteiger partial charge in [-0.2, -0.15) is 0 Å². The highest BCUT2D eigenvalue weighted by atomic mass is 15.2. The van der Waals surface area contributed by atoms with Crippen LogP contribution in [0.4, 0.5) is 0 Å². The fourth-order valence-corrected chi connectivity index (χ4v) is 5.08. The van der Waals surface area contributed by atoms with Crippen LogP contribution in [0.15, 0.2) is 0 Å². The predicted octanol–water partition coefficient (Wildman–Crippen LogP) is 1.83. The molecule has 4 aliphatic rings. The second kappa shape index (κ2) is 5.34. The molecule has 19 heavy (non-hydrogen) atoms. The van der Waals surface area contributed by atoms with Gasteiger partial charge in [-0.05, 0) is 77.5 Å². The molecule has 0 aliphatic carbocycles. The van der Waals surface area contributed by atoms with E-state index in [1.807, 2.05) is 0 Å². The number of piperidine rings is 2. The summed E-state index contributed by atoms with van der Waals surface area (Å²) in [7, 11) is 0. The highest BCUT2D eigenvalue weighted by Gasteiger charge is 2.35. The molecular weight excluding hydrogens is 234 g/mol. The normalized spacial score (nSPS) is 44.2. The molecule has 3 heteroatoms. The van der Waals surface area contributed by atoms with Crippen LogP contribution in [0.5, 0.6) is 0 Å². The quantitative estimate of drug-likeness (QED) is 0.820. The van der Waals surface area contributed by atoms with Gasteiger partial charge in [0.15, 0.2) is 0 Å². The minimum Gasteiger partial charge on any atom is -0.311 e. The van der Waals surface area contributed by atoms with Crippen LogP contribution in [0.2, 0.25) is 0 Å². The van der Waals surface area contributed by atoms with E-state index in [0.717, 1.165) is 24.2 Å². The summed E-state index contributed by atoms with van der Waals surface area (Å²) in [4.78, 5) is 5.47. The van der Waals surface area contributed by atoms with Crippen molar-refractivity contribution in [2.75, 3.05) is 26.2 Å². The van der Waals surface area contributed by atoms with Gasteiger partial charge in [-0.3, -0.25) is 0 Å². The first-order chi connectivity index (χ1) is 9.38. The zero-order valence-electron chi connectivity index (χ0n) is 12.2. The molecule has 4 aliphatic heterocycles. The minimum absolute atomic E-state index is 0.817. The van der Waals surface area contributed by atoms with Crippen molar-refractivity contribution < 1.29 is 0 Å². The standard InChI is InChI=1S/C16H29N3/c1-3-15-11-13(5-9-18(15)7-1)17-14-6-10-19-8-2-4-16(19)12-14/h13-17H,1-12H2. The number of hydrogen-bond acceptors (Lipinski definition) is 3. The summed E-state index contributed by atoms with van der Waals surface area (Å²) in [5.41, 5.74) is 0. The number of nitrogens with zero attached hydrogens (tertiary/aromatic N) is 2. The maximum atomic E-state index is 4.03. The van der Waals surface area contributed by atoms with Gasteiger partial charge < -0.3 is 15.1 Å². The Morgan fingerprint density at radius 3 is 1.68 bits per heavy atom. The molecule has 4 atom stereocenters. The predicted molar refractivity (Wildman–Crippen MR) is 78.4 cm³/mol. The molecule has 0 amide bonds. The van der Waals surface area contributed by atoms with Gasteiger partial charge >= 0.3 is 0 Å². The summed E-state index contributed by atoms with van der Waals surface area (Å²) < 4.78 is 0. The molecule has 3 nitrogen and oxygen atoms in total. The highest BCUT2D eigenvalue weighted by Crippen LogP contribution is 2.30. The van der Waals surface area contributed by atoms with Crippen molar-refractivity contribution in [2.45, 2.75) is 75.5 Å². The van der Waals surface area contributed by atoms with Gasteiger partial charge in [0.1, 0.15) is 0 Å². The van der Waals surface area contributed by atoms with Crippen LogP contribution in [-0.4, -0.2) is 60.1 Å². The molecule has 4 fully saturated rings. The monoisotopic (exact) mass is 263 g/mol. The van der Waals surface area contributed by atoms with E-state index in [2.05, 4.69) is 15.1 Å². The fourth-order valence-electron chi connectivity index (χ4n) is 5.08. The summed E-state index contributed by atoms with van der Waals surface area (Å²) in [6, 6.07) is 3.46. The van der Waals surface area contributed by atoms with E-state index >= 15 is 0 Å². The molecule has 0 bridgehead atoms. The molecular formula is C16H29N3. The van der Waals surface area contributed by atoms with Crippen molar-refractivity contribution in [1.82, 2.24) is 15.1 Å². The Hall–Kier alpha value is -0.120. The smallest absolute Gasteiger partial charge is 0.0111 e. The summed E-state index contributed by atoms with van der Waals surface area (Å²) >= 11 is 0. The summed E-state index contributed by atoms with van der Waals surface area (Å²) in [6.45, 7) is 5.45. The van der Waals surface area contributed by atoms with Crippen molar-refractivity contribution in [1.29, 1.82) is 0 Å². The Labute approximate surface area is 117 Å². The first-order valence-electron chi connectivity index (χ1n) is 8.62. The topological polar surface area (TPSA) is 18.5 Å². The third-order valence-electron chi connectivity index (χ3n) is 6.11. The van der Waals surface area contributed by atoms with E-state index in [9.17, 15) is 0 Å². The highest BCUT2D eigenvalue weighted by molar-refractivity contribution is 4.94. The molecule has 1 N–H and O–H groups in total. The van der Waals surface area contributed by atoms with Crippen LogP contribution in [0, 0.1) is 0 Å². The molecule has 0 aromatic carbocycles. The van der Waals surface area contributed by atoms with Crippen LogP contribution < -0.4 is 5.32 Å². The SMILES string of the molecule is C1CC2CC(NC3CCN4CCCC4C3)CCN2C1. The Kier molecular flexibility index (Phi) is 3.55. The zero-order valence-corrected chi connectivity index (χ0v) is 12.2. The first-order valence-corrected chi connectivity index (χ1v) is 8.62. The van der Waals surface area contributed by atoms with Gasteiger partial charge in [0.2, 0.25) is 0 Å². The molecule has 4 rings (SSSR count). The van der Waals surface area contributed by atoms with Crippen LogP contribution in [0.25, 0.3) is 0 Å². The summed E-state index contributed by atoms with van der Waals surface area (Å²) in [6.07, 6.45) is 11.4. The van der Waals surface area contributed by atoms with E-state index in [1.165, 1.54) is 77.5 Å². The average molecular weight is 263 g/mol. The molecule has 4 saturated heterocycles. The fraction of sp³-hybridized carbons (Fsp3) is 1.00. The maximum Gasteiger partial charge on any atom is 0.0111 e. The van der Waals surface area contributed by atoms with E-state index in [4.69, 9.17) is 0 Å². The molecule has 4 unspecified atom stereocenters. The first kappa shape index (κ1) is 12.6. The van der Waals surface area contributed by atoms with Crippen molar-refractivity contribution in [2.24, 2.45) is 0 Å². The third-order valence-corrected chi connectivity index (χ3v) is 6.11. The zero-order chi connectivity index (χ0) is 12.7. The number of hydrogen-bond donors (Lipinski definition) is 1. The van der Waals surface area contributed by atoms with Crippen molar-refractivity contribution >= 4 is 0 Å². The minimum atomic E-state index is 0.817. The van der Waals surface area contributed by atoms with Gasteiger partial charge in [-0.25, -0.2) is 0 Å². The molecule has 4 heterocycles. The lowest BCUT2D eigenvalue weighted by Crippen LogP contribution is -2.52. The number of fused-ring (bicyclic) bond motifs is 2. The van der Waals surface area contributed by atoms with E-state index in [1.54, 1.807) is 0 Å². The molecule has 108 valence electrons. The lowest BCUT2D eigenvalue weighted by molar-refractivity contribution is 0.129.